The summed E-state index contributed by atoms with van der Waals surface area (Å²) in [6.45, 7) is 1.99. The summed E-state index contributed by atoms with van der Waals surface area (Å²) in [5.74, 6) is 0.796. The highest BCUT2D eigenvalue weighted by atomic mass is 35.5. The van der Waals surface area contributed by atoms with E-state index in [4.69, 9.17) is 11.6 Å². The maximum Gasteiger partial charge on any atom is 0.178 e. The van der Waals surface area contributed by atoms with Crippen LogP contribution in [-0.4, -0.2) is 20.2 Å². The topological polar surface area (TPSA) is 55.6 Å². The van der Waals surface area contributed by atoms with Gasteiger partial charge in [-0.2, -0.15) is 4.68 Å². The van der Waals surface area contributed by atoms with Crippen molar-refractivity contribution >= 4 is 17.3 Å². The Kier molecular flexibility index (Phi) is 1.70. The molecule has 76 valence electrons. The van der Waals surface area contributed by atoms with E-state index in [9.17, 15) is 0 Å². The van der Waals surface area contributed by atoms with Gasteiger partial charge in [-0.05, 0) is 29.5 Å². The fourth-order valence-corrected chi connectivity index (χ4v) is 1.97. The first kappa shape index (κ1) is 8.67. The molecule has 1 aromatic heterocycles. The number of hydrogen-bond acceptors (Lipinski definition) is 4. The van der Waals surface area contributed by atoms with Crippen molar-refractivity contribution in [2.24, 2.45) is 0 Å². The molecule has 1 unspecified atom stereocenters. The number of hydrogen-bond donors (Lipinski definition) is 1. The highest BCUT2D eigenvalue weighted by molar-refractivity contribution is 6.33. The summed E-state index contributed by atoms with van der Waals surface area (Å²) in [5, 5.41) is 15.5. The highest BCUT2D eigenvalue weighted by Crippen LogP contribution is 2.35. The lowest BCUT2D eigenvalue weighted by Crippen LogP contribution is -2.20. The number of halogens is 1. The van der Waals surface area contributed by atoms with Crippen LogP contribution in [0.15, 0.2) is 18.2 Å². The molecule has 0 spiro atoms. The SMILES string of the molecule is CC1Nc2c(Cl)cccc2-n2nnnc21. The van der Waals surface area contributed by atoms with Gasteiger partial charge in [-0.1, -0.05) is 17.7 Å². The lowest BCUT2D eigenvalue weighted by Gasteiger charge is -2.23. The van der Waals surface area contributed by atoms with Crippen molar-refractivity contribution in [3.05, 3.63) is 29.0 Å². The maximum absolute atomic E-state index is 6.10. The number of nitrogens with zero attached hydrogens (tertiary/aromatic N) is 4. The van der Waals surface area contributed by atoms with Gasteiger partial charge < -0.3 is 5.32 Å². The summed E-state index contributed by atoms with van der Waals surface area (Å²) >= 11 is 6.10. The van der Waals surface area contributed by atoms with Gasteiger partial charge in [0, 0.05) is 0 Å². The minimum Gasteiger partial charge on any atom is -0.372 e. The van der Waals surface area contributed by atoms with Gasteiger partial charge in [0.15, 0.2) is 5.82 Å². The predicted molar refractivity (Wildman–Crippen MR) is 56.2 cm³/mol. The molecule has 1 atom stereocenters. The Morgan fingerprint density at radius 1 is 1.47 bits per heavy atom. The Bertz CT molecular complexity index is 521. The molecule has 0 radical (unpaired) electrons. The van der Waals surface area contributed by atoms with Gasteiger partial charge in [-0.15, -0.1) is 5.10 Å². The Labute approximate surface area is 91.0 Å². The Hall–Kier alpha value is -1.62. The largest absolute Gasteiger partial charge is 0.372 e. The van der Waals surface area contributed by atoms with Gasteiger partial charge in [-0.25, -0.2) is 0 Å². The molecule has 0 saturated carbocycles. The molecule has 0 aliphatic carbocycles. The van der Waals surface area contributed by atoms with E-state index in [1.54, 1.807) is 4.68 Å². The molecule has 0 saturated heterocycles. The lowest BCUT2D eigenvalue weighted by atomic mass is 10.2. The first-order valence-corrected chi connectivity index (χ1v) is 4.99. The fraction of sp³-hybridized carbons (Fsp3) is 0.222. The maximum atomic E-state index is 6.10. The van der Waals surface area contributed by atoms with Crippen molar-refractivity contribution in [3.8, 4) is 5.69 Å². The summed E-state index contributed by atoms with van der Waals surface area (Å²) in [7, 11) is 0. The van der Waals surface area contributed by atoms with Crippen LogP contribution in [0.1, 0.15) is 18.8 Å². The summed E-state index contributed by atoms with van der Waals surface area (Å²) in [4.78, 5) is 0. The molecule has 5 nitrogen and oxygen atoms in total. The van der Waals surface area contributed by atoms with Crippen molar-refractivity contribution in [2.45, 2.75) is 13.0 Å². The molecule has 1 N–H and O–H groups in total. The number of tetrazole rings is 1. The van der Waals surface area contributed by atoms with Crippen LogP contribution >= 0.6 is 11.6 Å². The van der Waals surface area contributed by atoms with Crippen LogP contribution in [0.25, 0.3) is 5.69 Å². The van der Waals surface area contributed by atoms with Crippen LogP contribution in [0.5, 0.6) is 0 Å². The summed E-state index contributed by atoms with van der Waals surface area (Å²) < 4.78 is 1.71. The zero-order chi connectivity index (χ0) is 10.4. The van der Waals surface area contributed by atoms with E-state index in [0.717, 1.165) is 17.2 Å². The fourth-order valence-electron chi connectivity index (χ4n) is 1.75. The summed E-state index contributed by atoms with van der Waals surface area (Å²) in [5.41, 5.74) is 1.77. The Morgan fingerprint density at radius 2 is 2.33 bits per heavy atom. The van der Waals surface area contributed by atoms with Crippen molar-refractivity contribution in [1.29, 1.82) is 0 Å². The first-order valence-electron chi connectivity index (χ1n) is 4.61. The van der Waals surface area contributed by atoms with Crippen LogP contribution in [-0.2, 0) is 0 Å². The second kappa shape index (κ2) is 2.93. The van der Waals surface area contributed by atoms with E-state index in [1.807, 2.05) is 25.1 Å². The molecule has 2 aromatic rings. The van der Waals surface area contributed by atoms with Crippen molar-refractivity contribution in [3.63, 3.8) is 0 Å². The molecule has 0 fully saturated rings. The van der Waals surface area contributed by atoms with E-state index in [1.165, 1.54) is 0 Å². The van der Waals surface area contributed by atoms with Gasteiger partial charge >= 0.3 is 0 Å². The van der Waals surface area contributed by atoms with Gasteiger partial charge in [0.1, 0.15) is 0 Å². The number of nitrogens with one attached hydrogen (secondary N) is 1. The monoisotopic (exact) mass is 221 g/mol. The van der Waals surface area contributed by atoms with Crippen LogP contribution in [0, 0.1) is 0 Å². The molecule has 3 rings (SSSR count). The Balaban J connectivity index is 2.31. The molecule has 15 heavy (non-hydrogen) atoms. The van der Waals surface area contributed by atoms with E-state index >= 15 is 0 Å². The van der Waals surface area contributed by atoms with E-state index in [-0.39, 0.29) is 6.04 Å². The van der Waals surface area contributed by atoms with E-state index in [0.29, 0.717) is 5.02 Å². The first-order chi connectivity index (χ1) is 7.27. The van der Waals surface area contributed by atoms with Crippen LogP contribution < -0.4 is 5.32 Å². The number of aromatic nitrogens is 4. The minimum absolute atomic E-state index is 0.0624. The average molecular weight is 222 g/mol. The molecular weight excluding hydrogens is 214 g/mol. The summed E-state index contributed by atoms with van der Waals surface area (Å²) in [6, 6.07) is 5.71. The number of anilines is 1. The molecule has 2 heterocycles. The quantitative estimate of drug-likeness (QED) is 0.737. The van der Waals surface area contributed by atoms with Gasteiger partial charge in [-0.3, -0.25) is 0 Å². The zero-order valence-corrected chi connectivity index (χ0v) is 8.73. The van der Waals surface area contributed by atoms with Crippen molar-refractivity contribution in [2.75, 3.05) is 5.32 Å². The molecule has 1 aliphatic rings. The third kappa shape index (κ3) is 1.13. The van der Waals surface area contributed by atoms with Crippen LogP contribution in [0.3, 0.4) is 0 Å². The molecule has 0 bridgehead atoms. The smallest absolute Gasteiger partial charge is 0.178 e. The average Bonchev–Trinajstić information content (AvgIpc) is 2.69. The van der Waals surface area contributed by atoms with Crippen molar-refractivity contribution < 1.29 is 0 Å². The molecule has 6 heteroatoms. The van der Waals surface area contributed by atoms with Gasteiger partial charge in [0.2, 0.25) is 0 Å². The predicted octanol–water partition coefficient (Wildman–Crippen LogP) is 1.80. The van der Waals surface area contributed by atoms with Gasteiger partial charge in [0.05, 0.1) is 22.4 Å². The van der Waals surface area contributed by atoms with E-state index in [2.05, 4.69) is 20.8 Å². The third-order valence-electron chi connectivity index (χ3n) is 2.46. The van der Waals surface area contributed by atoms with E-state index < -0.39 is 0 Å². The standard InChI is InChI=1S/C9H8ClN5/c1-5-9-12-13-14-15(9)7-4-2-3-6(10)8(7)11-5/h2-5,11H,1H3. The summed E-state index contributed by atoms with van der Waals surface area (Å²) in [6.07, 6.45) is 0. The zero-order valence-electron chi connectivity index (χ0n) is 7.98. The normalized spacial score (nSPS) is 17.9. The second-order valence-corrected chi connectivity index (χ2v) is 3.86. The molecule has 1 aromatic carbocycles. The van der Waals surface area contributed by atoms with Crippen molar-refractivity contribution in [1.82, 2.24) is 20.2 Å². The van der Waals surface area contributed by atoms with Crippen LogP contribution in [0.4, 0.5) is 5.69 Å². The Morgan fingerprint density at radius 3 is 3.20 bits per heavy atom. The molecular formula is C9H8ClN5. The molecule has 0 amide bonds. The molecule has 1 aliphatic heterocycles. The lowest BCUT2D eigenvalue weighted by molar-refractivity contribution is 0.695. The second-order valence-electron chi connectivity index (χ2n) is 3.45. The number of benzene rings is 1. The highest BCUT2D eigenvalue weighted by Gasteiger charge is 2.24. The van der Waals surface area contributed by atoms with Crippen LogP contribution in [0.2, 0.25) is 5.02 Å². The minimum atomic E-state index is 0.0624. The third-order valence-corrected chi connectivity index (χ3v) is 2.78. The number of rotatable bonds is 0. The van der Waals surface area contributed by atoms with Gasteiger partial charge in [0.25, 0.3) is 0 Å². The number of fused-ring (bicyclic) bond motifs is 3. The number of para-hydroxylation sites is 1.